The molecule has 0 aromatic carbocycles. The van der Waals surface area contributed by atoms with Crippen molar-refractivity contribution in [2.24, 2.45) is 5.73 Å². The second-order valence-corrected chi connectivity index (χ2v) is 29.2. The molecular weight excluding hydrogens is 1560 g/mol. The van der Waals surface area contributed by atoms with Gasteiger partial charge in [0.1, 0.15) is 213 Å². The van der Waals surface area contributed by atoms with E-state index in [9.17, 15) is 137 Å². The van der Waals surface area contributed by atoms with E-state index in [-0.39, 0.29) is 6.61 Å². The molecule has 29 N–H and O–H groups in total. The monoisotopic (exact) mass is 1670 g/mol. The van der Waals surface area contributed by atoms with Gasteiger partial charge in [-0.3, -0.25) is 14.4 Å². The molecule has 0 bridgehead atoms. The lowest BCUT2D eigenvalue weighted by Crippen LogP contribution is -2.71. The Bertz CT molecular complexity index is 2940. The number of hydrogen-bond acceptors (Lipinski definition) is 46. The van der Waals surface area contributed by atoms with Gasteiger partial charge in [0.05, 0.1) is 59.0 Å². The lowest BCUT2D eigenvalue weighted by atomic mass is 9.93. The molecule has 0 saturated carbocycles. The van der Waals surface area contributed by atoms with Crippen LogP contribution in [-0.2, 0) is 99.6 Å². The van der Waals surface area contributed by atoms with Crippen LogP contribution in [0.4, 0.5) is 0 Å². The number of nitrogens with one attached hydrogen (secondary N) is 3. The van der Waals surface area contributed by atoms with Gasteiger partial charge in [0.25, 0.3) is 0 Å². The van der Waals surface area contributed by atoms with Crippen LogP contribution in [0.5, 0.6) is 0 Å². The Hall–Kier alpha value is -3.31. The number of hydrogen-bond donors (Lipinski definition) is 28. The fourth-order valence-corrected chi connectivity index (χ4v) is 14.5. The summed E-state index contributed by atoms with van der Waals surface area (Å²) in [7, 11) is 0. The van der Waals surface area contributed by atoms with Gasteiger partial charge in [-0.25, -0.2) is 0 Å². The van der Waals surface area contributed by atoms with E-state index in [1.807, 2.05) is 0 Å². The van der Waals surface area contributed by atoms with E-state index in [1.165, 1.54) is 6.92 Å². The first-order valence-corrected chi connectivity index (χ1v) is 37.2. The van der Waals surface area contributed by atoms with Gasteiger partial charge in [-0.1, -0.05) is 0 Å². The quantitative estimate of drug-likeness (QED) is 0.0271. The number of aliphatic hydroxyl groups excluding tert-OH is 24. The van der Waals surface area contributed by atoms with Gasteiger partial charge in [-0.15, -0.1) is 0 Å². The maximum Gasteiger partial charge on any atom is 0.217 e. The zero-order valence-electron chi connectivity index (χ0n) is 62.1. The van der Waals surface area contributed by atoms with Crippen LogP contribution < -0.4 is 21.7 Å². The SMILES string of the molecule is CC(=O)N[C@H]1[C@H](O[C@H]2[C@H](O)[C@@H](NC(C)=O)[C@H](OCCCCCN)O[C@@H]2CO[C@@H]2O[C@@H](C)[C@@H](O)[C@@H](O)[C@@H]2O)O[C@H](CO)[C@@H](O[C@@H]2O[C@H](CO[C@H]3O[C@H](CO[C@H]4O[C@H](CO)[C@@H](O)[C@H](O)[C@@H]4O)[C@@H](O)[C@H](O[C@H]4O[C@H](CO)[C@@H](O)[C@H](O)[C@@H]4O)[C@@H]3O)[C@@H](O)[C@H](O[C@H]3O[C@H](CO)[C@@H](O)[C@H](O)[C@@H]3O[C@@H]3O[C@H](CO)[C@@H](O)[C@H](O)[C@H]3NC(C)=O)[C@@H]2O)[C@@H]1O. The molecule has 9 aliphatic rings. The molecule has 9 heterocycles. The van der Waals surface area contributed by atoms with Gasteiger partial charge >= 0.3 is 0 Å². The first-order chi connectivity index (χ1) is 54.0. The van der Waals surface area contributed by atoms with Crippen LogP contribution in [-0.4, -0.2) is 482 Å². The maximum absolute atomic E-state index is 13.3. The van der Waals surface area contributed by atoms with Crippen molar-refractivity contribution in [3.63, 3.8) is 0 Å². The first kappa shape index (κ1) is 94.5. The number of unbranched alkanes of at least 4 members (excludes halogenated alkanes) is 2. The van der Waals surface area contributed by atoms with Gasteiger partial charge < -0.3 is 230 Å². The average Bonchev–Trinajstić information content (AvgIpc) is 0.733. The number of carbonyl (C=O) groups is 3. The van der Waals surface area contributed by atoms with Gasteiger partial charge in [0, 0.05) is 27.4 Å². The number of ether oxygens (including phenoxy) is 18. The molecule has 0 aliphatic carbocycles. The van der Waals surface area contributed by atoms with Gasteiger partial charge in [0.2, 0.25) is 17.7 Å². The summed E-state index contributed by atoms with van der Waals surface area (Å²) in [6, 6.07) is -5.26. The fraction of sp³-hybridized carbons (Fsp3) is 0.954. The Morgan fingerprint density at radius 3 is 1.11 bits per heavy atom. The van der Waals surface area contributed by atoms with Gasteiger partial charge in [-0.05, 0) is 32.7 Å². The lowest BCUT2D eigenvalue weighted by molar-refractivity contribution is -0.396. The van der Waals surface area contributed by atoms with Crippen LogP contribution in [0.2, 0.25) is 0 Å². The van der Waals surface area contributed by atoms with E-state index < -0.39 is 347 Å². The molecule has 45 atom stereocenters. The summed E-state index contributed by atoms with van der Waals surface area (Å²) in [6.45, 7) is -3.53. The highest BCUT2D eigenvalue weighted by Gasteiger charge is 2.60. The van der Waals surface area contributed by atoms with Crippen molar-refractivity contribution >= 4 is 17.7 Å². The molecule has 9 saturated heterocycles. The summed E-state index contributed by atoms with van der Waals surface area (Å²) in [4.78, 5) is 38.7. The van der Waals surface area contributed by atoms with Crippen LogP contribution in [0.15, 0.2) is 0 Å². The minimum absolute atomic E-state index is 0.0334. The predicted octanol–water partition coefficient (Wildman–Crippen LogP) is -18.0. The fourth-order valence-electron chi connectivity index (χ4n) is 14.5. The third-order valence-corrected chi connectivity index (χ3v) is 21.0. The summed E-state index contributed by atoms with van der Waals surface area (Å²) < 4.78 is 107. The highest BCUT2D eigenvalue weighted by molar-refractivity contribution is 5.74. The molecule has 3 amide bonds. The molecule has 9 rings (SSSR count). The molecular formula is C65H112N4O45. The molecule has 9 aliphatic heterocycles. The highest BCUT2D eigenvalue weighted by atomic mass is 16.8. The Kier molecular flexibility index (Phi) is 35.2. The van der Waals surface area contributed by atoms with Gasteiger partial charge in [-0.2, -0.15) is 0 Å². The Balaban J connectivity index is 1.06. The summed E-state index contributed by atoms with van der Waals surface area (Å²) in [5.74, 6) is -2.54. The number of aliphatic hydroxyl groups is 24. The van der Waals surface area contributed by atoms with Gasteiger partial charge in [0.15, 0.2) is 56.6 Å². The Morgan fingerprint density at radius 1 is 0.281 bits per heavy atom. The maximum atomic E-state index is 13.3. The molecule has 0 aromatic rings. The molecule has 49 nitrogen and oxygen atoms in total. The average molecular weight is 1670 g/mol. The lowest BCUT2D eigenvalue weighted by Gasteiger charge is -2.51. The summed E-state index contributed by atoms with van der Waals surface area (Å²) in [6.07, 6.45) is -83.0. The van der Waals surface area contributed by atoms with Crippen molar-refractivity contribution in [2.45, 2.75) is 323 Å². The standard InChI is InChI=1S/C65H112N4O45/c1-18-33(78)43(88)47(92)60(101-18)100-17-29-53(41(86)31(68-20(3)76)57(109-29)97-9-7-5-6-8-66)110-59-32(69-21(4)77)42(87)52(26(14-74)106-59)111-64-51(96)55(113-65-56(46(91)37(82)25(13-73)105-65)114-58-30(67-19(2)75)40(85)34(79)22(10-70)102-58)39(84)28(108-64)16-99-62-50(95)54(112-63-49(94)45(90)36(81)24(12-72)104-63)38(83)27(107-62)15-98-61-48(93)44(89)35(80)23(11-71)103-61/h18,22-65,70-74,78-96H,5-17,66H2,1-4H3,(H,67,75)(H,68,76)(H,69,77)/t18-,22+,23+,24+,25+,26+,27+,28+,29+,30+,31+,32+,33+,34+,35+,36+,37+,38+,39+,40+,41+,42+,43+,44-,45-,46-,47-,48-,49-,50-,51-,52+,53+,54-,55-,56-,57+,58-,59-,60+,61-,62-,63+,64-,65+/m0/s1. The van der Waals surface area contributed by atoms with Crippen molar-refractivity contribution in [3.8, 4) is 0 Å². The van der Waals surface area contributed by atoms with Crippen molar-refractivity contribution in [3.05, 3.63) is 0 Å². The van der Waals surface area contributed by atoms with E-state index in [1.54, 1.807) is 0 Å². The van der Waals surface area contributed by atoms with Crippen LogP contribution >= 0.6 is 0 Å². The van der Waals surface area contributed by atoms with Crippen molar-refractivity contribution in [1.82, 2.24) is 16.0 Å². The minimum atomic E-state index is -2.55. The highest BCUT2D eigenvalue weighted by Crippen LogP contribution is 2.39. The third kappa shape index (κ3) is 21.8. The van der Waals surface area contributed by atoms with E-state index in [0.717, 1.165) is 20.8 Å². The number of carbonyl (C=O) groups excluding carboxylic acids is 3. The smallest absolute Gasteiger partial charge is 0.217 e. The number of amides is 3. The number of nitrogens with two attached hydrogens (primary N) is 1. The minimum Gasteiger partial charge on any atom is -0.394 e. The van der Waals surface area contributed by atoms with E-state index in [2.05, 4.69) is 16.0 Å². The summed E-state index contributed by atoms with van der Waals surface area (Å²) in [5.41, 5.74) is 5.68. The normalized spacial score (nSPS) is 48.3. The summed E-state index contributed by atoms with van der Waals surface area (Å²) in [5, 5.41) is 275. The van der Waals surface area contributed by atoms with E-state index in [4.69, 9.17) is 91.0 Å². The van der Waals surface area contributed by atoms with E-state index in [0.29, 0.717) is 25.8 Å². The zero-order chi connectivity index (χ0) is 83.8. The third-order valence-electron chi connectivity index (χ3n) is 21.0. The van der Waals surface area contributed by atoms with Crippen LogP contribution in [0.1, 0.15) is 47.0 Å². The van der Waals surface area contributed by atoms with Crippen molar-refractivity contribution in [1.29, 1.82) is 0 Å². The number of rotatable bonds is 33. The molecule has 0 unspecified atom stereocenters. The van der Waals surface area contributed by atoms with Crippen molar-refractivity contribution < 1.29 is 222 Å². The topological polar surface area (TPSA) is 765 Å². The second kappa shape index (κ2) is 42.5. The van der Waals surface area contributed by atoms with Crippen LogP contribution in [0.25, 0.3) is 0 Å². The van der Waals surface area contributed by atoms with E-state index >= 15 is 0 Å². The first-order valence-electron chi connectivity index (χ1n) is 37.2. The van der Waals surface area contributed by atoms with Crippen LogP contribution in [0, 0.1) is 0 Å². The Labute approximate surface area is 649 Å². The Morgan fingerprint density at radius 2 is 0.605 bits per heavy atom. The molecule has 662 valence electrons. The van der Waals surface area contributed by atoms with Crippen LogP contribution in [0.3, 0.4) is 0 Å². The molecule has 49 heteroatoms. The second-order valence-electron chi connectivity index (χ2n) is 29.2. The predicted molar refractivity (Wildman–Crippen MR) is 357 cm³/mol. The molecule has 0 radical (unpaired) electrons. The molecule has 9 fully saturated rings. The molecule has 0 spiro atoms. The molecule has 114 heavy (non-hydrogen) atoms. The summed E-state index contributed by atoms with van der Waals surface area (Å²) >= 11 is 0. The molecule has 0 aromatic heterocycles. The zero-order valence-corrected chi connectivity index (χ0v) is 62.1. The van der Waals surface area contributed by atoms with Crippen molar-refractivity contribution in [2.75, 3.05) is 66.0 Å². The largest absolute Gasteiger partial charge is 0.394 e.